The molecule has 4 aromatic rings. The van der Waals surface area contributed by atoms with E-state index in [4.69, 9.17) is 18.9 Å². The molecule has 1 aliphatic rings. The molecule has 5 rings (SSSR count). The van der Waals surface area contributed by atoms with Crippen LogP contribution in [0.1, 0.15) is 22.3 Å². The third-order valence-electron chi connectivity index (χ3n) is 7.04. The van der Waals surface area contributed by atoms with E-state index in [1.54, 1.807) is 0 Å². The average Bonchev–Trinajstić information content (AvgIpc) is 3.03. The lowest BCUT2D eigenvalue weighted by molar-refractivity contribution is -0.211. The van der Waals surface area contributed by atoms with Gasteiger partial charge in [0.1, 0.15) is 23.7 Å². The van der Waals surface area contributed by atoms with Crippen LogP contribution in [0.3, 0.4) is 0 Å². The molecule has 216 valence electrons. The van der Waals surface area contributed by atoms with Gasteiger partial charge in [0.05, 0.1) is 32.5 Å². The molecule has 0 bridgehead atoms. The van der Waals surface area contributed by atoms with Crippen LogP contribution in [0.25, 0.3) is 10.4 Å². The molecule has 0 amide bonds. The number of benzene rings is 4. The summed E-state index contributed by atoms with van der Waals surface area (Å²) in [4.78, 5) is 4.23. The van der Waals surface area contributed by atoms with Crippen LogP contribution in [0, 0.1) is 6.92 Å². The Labute approximate surface area is 251 Å². The van der Waals surface area contributed by atoms with Gasteiger partial charge in [-0.2, -0.15) is 0 Å². The molecule has 1 saturated heterocycles. The van der Waals surface area contributed by atoms with Crippen molar-refractivity contribution in [2.45, 2.75) is 61.4 Å². The summed E-state index contributed by atoms with van der Waals surface area (Å²) in [5, 5.41) is 4.23. The van der Waals surface area contributed by atoms with E-state index in [0.717, 1.165) is 21.6 Å². The van der Waals surface area contributed by atoms with Crippen LogP contribution < -0.4 is 0 Å². The first-order valence-electron chi connectivity index (χ1n) is 14.1. The number of hydrogen-bond donors (Lipinski definition) is 0. The summed E-state index contributed by atoms with van der Waals surface area (Å²) in [7, 11) is 0. The number of hydrogen-bond acceptors (Lipinski definition) is 6. The molecule has 8 heteroatoms. The van der Waals surface area contributed by atoms with Gasteiger partial charge in [0.15, 0.2) is 0 Å². The number of ether oxygens (including phenoxy) is 4. The Hall–Kier alpha value is -3.62. The molecule has 1 heterocycles. The highest BCUT2D eigenvalue weighted by molar-refractivity contribution is 7.99. The van der Waals surface area contributed by atoms with Crippen LogP contribution in [-0.4, -0.2) is 36.4 Å². The SMILES string of the molecule is Cc1ccc(SC2O[C@H](COCc3ccccc3)[C@H](OCc3ccccc3)[C@H](OCc3ccccc3)[C@H]2N=[N+]=[N-])cc1. The number of nitrogens with zero attached hydrogens (tertiary/aromatic N) is 3. The normalized spacial score (nSPS) is 21.9. The summed E-state index contributed by atoms with van der Waals surface area (Å²) in [6.07, 6.45) is -1.59. The summed E-state index contributed by atoms with van der Waals surface area (Å²) < 4.78 is 26.0. The molecule has 0 N–H and O–H groups in total. The average molecular weight is 582 g/mol. The zero-order valence-electron chi connectivity index (χ0n) is 23.6. The van der Waals surface area contributed by atoms with E-state index in [0.29, 0.717) is 19.8 Å². The van der Waals surface area contributed by atoms with E-state index < -0.39 is 29.8 Å². The first-order valence-corrected chi connectivity index (χ1v) is 14.9. The van der Waals surface area contributed by atoms with Gasteiger partial charge >= 0.3 is 0 Å². The van der Waals surface area contributed by atoms with Crippen LogP contribution >= 0.6 is 11.8 Å². The Morgan fingerprint density at radius 2 is 1.24 bits per heavy atom. The predicted molar refractivity (Wildman–Crippen MR) is 165 cm³/mol. The Morgan fingerprint density at radius 3 is 1.79 bits per heavy atom. The van der Waals surface area contributed by atoms with Crippen molar-refractivity contribution < 1.29 is 18.9 Å². The van der Waals surface area contributed by atoms with Crippen molar-refractivity contribution in [2.75, 3.05) is 6.61 Å². The van der Waals surface area contributed by atoms with Crippen molar-refractivity contribution >= 4 is 11.8 Å². The van der Waals surface area contributed by atoms with Gasteiger partial charge in [0, 0.05) is 9.81 Å². The molecule has 0 saturated carbocycles. The first-order chi connectivity index (χ1) is 20.7. The summed E-state index contributed by atoms with van der Waals surface area (Å²) in [5.74, 6) is 0. The van der Waals surface area contributed by atoms with Crippen molar-refractivity contribution in [2.24, 2.45) is 5.11 Å². The molecular weight excluding hydrogens is 546 g/mol. The minimum absolute atomic E-state index is 0.285. The van der Waals surface area contributed by atoms with Gasteiger partial charge in [0.2, 0.25) is 0 Å². The number of aryl methyl sites for hydroxylation is 1. The predicted octanol–water partition coefficient (Wildman–Crippen LogP) is 7.88. The van der Waals surface area contributed by atoms with Crippen LogP contribution in [0.5, 0.6) is 0 Å². The second kappa shape index (κ2) is 15.6. The van der Waals surface area contributed by atoms with E-state index in [1.807, 2.05) is 91.0 Å². The first kappa shape index (κ1) is 29.9. The summed E-state index contributed by atoms with van der Waals surface area (Å²) >= 11 is 1.52. The van der Waals surface area contributed by atoms with Crippen molar-refractivity contribution in [3.05, 3.63) is 148 Å². The van der Waals surface area contributed by atoms with Crippen molar-refractivity contribution in [1.82, 2.24) is 0 Å². The zero-order chi connectivity index (χ0) is 29.0. The van der Waals surface area contributed by atoms with Gasteiger partial charge in [0.25, 0.3) is 0 Å². The highest BCUT2D eigenvalue weighted by Gasteiger charge is 2.47. The lowest BCUT2D eigenvalue weighted by atomic mass is 9.97. The van der Waals surface area contributed by atoms with Crippen molar-refractivity contribution in [3.8, 4) is 0 Å². The summed E-state index contributed by atoms with van der Waals surface area (Å²) in [6, 6.07) is 37.6. The van der Waals surface area contributed by atoms with E-state index in [9.17, 15) is 5.53 Å². The van der Waals surface area contributed by atoms with Gasteiger partial charge in [-0.05, 0) is 41.3 Å². The zero-order valence-corrected chi connectivity index (χ0v) is 24.4. The molecule has 0 aliphatic carbocycles. The standard InChI is InChI=1S/C34H35N3O4S/c1-25-17-19-29(20-18-25)42-34-31(36-37-35)33(40-23-28-15-9-4-10-16-28)32(39-22-27-13-7-3-8-14-27)30(41-34)24-38-21-26-11-5-2-6-12-26/h2-20,30-34H,21-24H2,1H3/t30-,31-,32+,33-,34?/m1/s1. The molecular formula is C34H35N3O4S. The molecule has 4 aromatic carbocycles. The number of azide groups is 1. The van der Waals surface area contributed by atoms with Gasteiger partial charge in [-0.3, -0.25) is 0 Å². The minimum Gasteiger partial charge on any atom is -0.374 e. The van der Waals surface area contributed by atoms with Crippen LogP contribution in [-0.2, 0) is 38.8 Å². The maximum absolute atomic E-state index is 9.64. The quantitative estimate of drug-likeness (QED) is 0.0911. The summed E-state index contributed by atoms with van der Waals surface area (Å²) in [5.41, 5.74) is 13.4. The fourth-order valence-electron chi connectivity index (χ4n) is 4.85. The van der Waals surface area contributed by atoms with Gasteiger partial charge in [-0.15, -0.1) is 0 Å². The monoisotopic (exact) mass is 581 g/mol. The second-order valence-electron chi connectivity index (χ2n) is 10.2. The Kier molecular flexibility index (Phi) is 11.1. The molecule has 1 unspecified atom stereocenters. The van der Waals surface area contributed by atoms with Crippen molar-refractivity contribution in [3.63, 3.8) is 0 Å². The number of thioether (sulfide) groups is 1. The molecule has 42 heavy (non-hydrogen) atoms. The van der Waals surface area contributed by atoms with E-state index in [-0.39, 0.29) is 6.61 Å². The molecule has 0 spiro atoms. The van der Waals surface area contributed by atoms with E-state index >= 15 is 0 Å². The Bertz CT molecular complexity index is 1400. The molecule has 1 fully saturated rings. The third-order valence-corrected chi connectivity index (χ3v) is 8.20. The fraction of sp³-hybridized carbons (Fsp3) is 0.294. The largest absolute Gasteiger partial charge is 0.374 e. The van der Waals surface area contributed by atoms with E-state index in [1.165, 1.54) is 17.3 Å². The lowest BCUT2D eigenvalue weighted by Gasteiger charge is -2.44. The maximum atomic E-state index is 9.64. The highest BCUT2D eigenvalue weighted by atomic mass is 32.2. The Balaban J connectivity index is 1.43. The van der Waals surface area contributed by atoms with Crippen molar-refractivity contribution in [1.29, 1.82) is 0 Å². The van der Waals surface area contributed by atoms with Gasteiger partial charge in [-0.1, -0.05) is 126 Å². The molecule has 0 aromatic heterocycles. The highest BCUT2D eigenvalue weighted by Crippen LogP contribution is 2.38. The van der Waals surface area contributed by atoms with Crippen LogP contribution in [0.4, 0.5) is 0 Å². The molecule has 5 atom stereocenters. The maximum Gasteiger partial charge on any atom is 0.119 e. The van der Waals surface area contributed by atoms with Crippen LogP contribution in [0.2, 0.25) is 0 Å². The topological polar surface area (TPSA) is 85.7 Å². The molecule has 1 aliphatic heterocycles. The van der Waals surface area contributed by atoms with Crippen LogP contribution in [0.15, 0.2) is 125 Å². The van der Waals surface area contributed by atoms with Gasteiger partial charge < -0.3 is 18.9 Å². The van der Waals surface area contributed by atoms with Gasteiger partial charge in [-0.25, -0.2) is 0 Å². The van der Waals surface area contributed by atoms with E-state index in [2.05, 4.69) is 41.2 Å². The molecule has 0 radical (unpaired) electrons. The number of rotatable bonds is 13. The fourth-order valence-corrected chi connectivity index (χ4v) is 5.96. The third kappa shape index (κ3) is 8.46. The lowest BCUT2D eigenvalue weighted by Crippen LogP contribution is -2.58. The smallest absolute Gasteiger partial charge is 0.119 e. The minimum atomic E-state index is -0.642. The second-order valence-corrected chi connectivity index (χ2v) is 11.4. The Morgan fingerprint density at radius 1 is 0.714 bits per heavy atom. The molecule has 7 nitrogen and oxygen atoms in total. The summed E-state index contributed by atoms with van der Waals surface area (Å²) in [6.45, 7) is 3.48.